The van der Waals surface area contributed by atoms with Crippen LogP contribution in [0.25, 0.3) is 0 Å². The van der Waals surface area contributed by atoms with Gasteiger partial charge < -0.3 is 16.4 Å². The number of aromatic nitrogens is 3. The van der Waals surface area contributed by atoms with Crippen molar-refractivity contribution in [3.8, 4) is 0 Å². The van der Waals surface area contributed by atoms with E-state index in [9.17, 15) is 4.79 Å². The maximum Gasteiger partial charge on any atom is 0.319 e. The number of anilines is 1. The van der Waals surface area contributed by atoms with Crippen LogP contribution in [-0.4, -0.2) is 21.2 Å². The van der Waals surface area contributed by atoms with Crippen LogP contribution in [0.2, 0.25) is 0 Å². The van der Waals surface area contributed by atoms with Gasteiger partial charge in [0.2, 0.25) is 0 Å². The van der Waals surface area contributed by atoms with Gasteiger partial charge in [0.1, 0.15) is 12.2 Å². The van der Waals surface area contributed by atoms with Crippen molar-refractivity contribution in [3.63, 3.8) is 0 Å². The lowest BCUT2D eigenvalue weighted by Crippen LogP contribution is -2.31. The summed E-state index contributed by atoms with van der Waals surface area (Å²) in [5.74, 6) is 0.603. The van der Waals surface area contributed by atoms with Crippen LogP contribution in [0.4, 0.5) is 10.5 Å². The number of nitrogens with one attached hydrogen (secondary N) is 3. The molecule has 1 aromatic carbocycles. The standard InChI is InChI=1S/C12H16N6O/c1-8(11-14-7-15-18-11)16-12(19)17-10-4-2-3-9(5-10)6-13/h2-5,7-8H,6,13H2,1H3,(H,14,15,18)(H2,16,17,19). The molecule has 0 radical (unpaired) electrons. The molecule has 0 aliphatic rings. The summed E-state index contributed by atoms with van der Waals surface area (Å²) in [5, 5.41) is 11.9. The van der Waals surface area contributed by atoms with Crippen molar-refractivity contribution in [2.24, 2.45) is 5.73 Å². The van der Waals surface area contributed by atoms with Crippen LogP contribution < -0.4 is 16.4 Å². The van der Waals surface area contributed by atoms with E-state index in [0.717, 1.165) is 5.56 Å². The Kier molecular flexibility index (Phi) is 4.09. The van der Waals surface area contributed by atoms with E-state index in [0.29, 0.717) is 18.1 Å². The predicted molar refractivity (Wildman–Crippen MR) is 71.3 cm³/mol. The first-order valence-corrected chi connectivity index (χ1v) is 5.91. The Bertz CT molecular complexity index is 539. The Morgan fingerprint density at radius 2 is 2.37 bits per heavy atom. The summed E-state index contributed by atoms with van der Waals surface area (Å²) in [7, 11) is 0. The summed E-state index contributed by atoms with van der Waals surface area (Å²) in [6.07, 6.45) is 1.40. The molecule has 0 spiro atoms. The predicted octanol–water partition coefficient (Wildman–Crippen LogP) is 1.15. The van der Waals surface area contributed by atoms with E-state index in [1.165, 1.54) is 6.33 Å². The van der Waals surface area contributed by atoms with Crippen molar-refractivity contribution >= 4 is 11.7 Å². The average molecular weight is 260 g/mol. The molecule has 5 N–H and O–H groups in total. The quantitative estimate of drug-likeness (QED) is 0.661. The molecular formula is C12H16N6O. The molecule has 2 rings (SSSR count). The Balaban J connectivity index is 1.93. The van der Waals surface area contributed by atoms with Gasteiger partial charge in [-0.25, -0.2) is 9.78 Å². The summed E-state index contributed by atoms with van der Waals surface area (Å²) in [5.41, 5.74) is 7.21. The molecule has 0 aliphatic carbocycles. The molecule has 2 amide bonds. The average Bonchev–Trinajstić information content (AvgIpc) is 2.92. The number of hydrogen-bond acceptors (Lipinski definition) is 4. The van der Waals surface area contributed by atoms with Gasteiger partial charge >= 0.3 is 6.03 Å². The molecule has 1 aromatic heterocycles. The van der Waals surface area contributed by atoms with Crippen LogP contribution >= 0.6 is 0 Å². The smallest absolute Gasteiger partial charge is 0.319 e. The molecule has 1 atom stereocenters. The van der Waals surface area contributed by atoms with E-state index in [1.807, 2.05) is 25.1 Å². The van der Waals surface area contributed by atoms with Crippen molar-refractivity contribution in [2.75, 3.05) is 5.32 Å². The van der Waals surface area contributed by atoms with Gasteiger partial charge in [0.15, 0.2) is 0 Å². The van der Waals surface area contributed by atoms with Gasteiger partial charge in [-0.15, -0.1) is 0 Å². The normalized spacial score (nSPS) is 11.9. The number of benzene rings is 1. The Labute approximate surface area is 110 Å². The van der Waals surface area contributed by atoms with Crippen molar-refractivity contribution in [1.29, 1.82) is 0 Å². The molecular weight excluding hydrogens is 244 g/mol. The molecule has 1 unspecified atom stereocenters. The summed E-state index contributed by atoms with van der Waals surface area (Å²) in [6.45, 7) is 2.25. The highest BCUT2D eigenvalue weighted by atomic mass is 16.2. The fourth-order valence-corrected chi connectivity index (χ4v) is 1.63. The number of carbonyl (C=O) groups excluding carboxylic acids is 1. The second-order valence-electron chi connectivity index (χ2n) is 4.10. The molecule has 0 saturated carbocycles. The number of H-pyrrole nitrogens is 1. The fourth-order valence-electron chi connectivity index (χ4n) is 1.63. The highest BCUT2D eigenvalue weighted by molar-refractivity contribution is 5.89. The molecule has 0 aliphatic heterocycles. The largest absolute Gasteiger partial charge is 0.328 e. The van der Waals surface area contributed by atoms with E-state index in [4.69, 9.17) is 5.73 Å². The van der Waals surface area contributed by atoms with Crippen LogP contribution in [0.15, 0.2) is 30.6 Å². The van der Waals surface area contributed by atoms with E-state index in [1.54, 1.807) is 6.07 Å². The summed E-state index contributed by atoms with van der Waals surface area (Å²) >= 11 is 0. The van der Waals surface area contributed by atoms with Crippen molar-refractivity contribution < 1.29 is 4.79 Å². The molecule has 0 fully saturated rings. The minimum atomic E-state index is -0.307. The Hall–Kier alpha value is -2.41. The lowest BCUT2D eigenvalue weighted by molar-refractivity contribution is 0.249. The van der Waals surface area contributed by atoms with Crippen LogP contribution in [0, 0.1) is 0 Å². The zero-order valence-corrected chi connectivity index (χ0v) is 10.6. The zero-order chi connectivity index (χ0) is 13.7. The first-order chi connectivity index (χ1) is 9.19. The first kappa shape index (κ1) is 13.0. The van der Waals surface area contributed by atoms with Crippen molar-refractivity contribution in [3.05, 3.63) is 42.0 Å². The van der Waals surface area contributed by atoms with Gasteiger partial charge in [-0.3, -0.25) is 5.10 Å². The fraction of sp³-hybridized carbons (Fsp3) is 0.250. The van der Waals surface area contributed by atoms with Crippen LogP contribution in [-0.2, 0) is 6.54 Å². The molecule has 7 heteroatoms. The third kappa shape index (κ3) is 3.52. The monoisotopic (exact) mass is 260 g/mol. The number of amides is 2. The molecule has 0 bridgehead atoms. The van der Waals surface area contributed by atoms with E-state index < -0.39 is 0 Å². The number of rotatable bonds is 4. The topological polar surface area (TPSA) is 109 Å². The summed E-state index contributed by atoms with van der Waals surface area (Å²) in [6, 6.07) is 6.83. The first-order valence-electron chi connectivity index (χ1n) is 5.91. The lowest BCUT2D eigenvalue weighted by atomic mass is 10.2. The highest BCUT2D eigenvalue weighted by Crippen LogP contribution is 2.11. The van der Waals surface area contributed by atoms with E-state index >= 15 is 0 Å². The second-order valence-corrected chi connectivity index (χ2v) is 4.10. The molecule has 1 heterocycles. The van der Waals surface area contributed by atoms with Crippen molar-refractivity contribution in [1.82, 2.24) is 20.5 Å². The van der Waals surface area contributed by atoms with E-state index in [2.05, 4.69) is 25.8 Å². The number of hydrogen-bond donors (Lipinski definition) is 4. The van der Waals surface area contributed by atoms with Gasteiger partial charge in [-0.2, -0.15) is 5.10 Å². The van der Waals surface area contributed by atoms with Gasteiger partial charge in [0.25, 0.3) is 0 Å². The number of nitrogens with two attached hydrogens (primary N) is 1. The zero-order valence-electron chi connectivity index (χ0n) is 10.6. The Morgan fingerprint density at radius 1 is 1.53 bits per heavy atom. The number of carbonyl (C=O) groups is 1. The van der Waals surface area contributed by atoms with Gasteiger partial charge in [-0.1, -0.05) is 12.1 Å². The van der Waals surface area contributed by atoms with Crippen LogP contribution in [0.5, 0.6) is 0 Å². The van der Waals surface area contributed by atoms with Crippen LogP contribution in [0.1, 0.15) is 24.4 Å². The van der Waals surface area contributed by atoms with Gasteiger partial charge in [-0.05, 0) is 24.6 Å². The third-order valence-electron chi connectivity index (χ3n) is 2.61. The molecule has 0 saturated heterocycles. The number of urea groups is 1. The lowest BCUT2D eigenvalue weighted by Gasteiger charge is -2.12. The number of aromatic amines is 1. The highest BCUT2D eigenvalue weighted by Gasteiger charge is 2.11. The molecule has 2 aromatic rings. The number of nitrogens with zero attached hydrogens (tertiary/aromatic N) is 2. The van der Waals surface area contributed by atoms with Gasteiger partial charge in [0, 0.05) is 12.2 Å². The Morgan fingerprint density at radius 3 is 3.05 bits per heavy atom. The van der Waals surface area contributed by atoms with E-state index in [-0.39, 0.29) is 12.1 Å². The third-order valence-corrected chi connectivity index (χ3v) is 2.61. The summed E-state index contributed by atoms with van der Waals surface area (Å²) in [4.78, 5) is 15.8. The van der Waals surface area contributed by atoms with Crippen molar-refractivity contribution in [2.45, 2.75) is 19.5 Å². The molecule has 19 heavy (non-hydrogen) atoms. The maximum atomic E-state index is 11.8. The van der Waals surface area contributed by atoms with Gasteiger partial charge in [0.05, 0.1) is 6.04 Å². The minimum absolute atomic E-state index is 0.250. The maximum absolute atomic E-state index is 11.8. The minimum Gasteiger partial charge on any atom is -0.328 e. The molecule has 100 valence electrons. The molecule has 7 nitrogen and oxygen atoms in total. The summed E-state index contributed by atoms with van der Waals surface area (Å²) < 4.78 is 0. The van der Waals surface area contributed by atoms with Crippen LogP contribution in [0.3, 0.4) is 0 Å². The second kappa shape index (κ2) is 5.96. The SMILES string of the molecule is CC(NC(=O)Nc1cccc(CN)c1)c1ncn[nH]1.